The standard InChI is InChI=1S/C13H14F3NO2/c14-13(15,16)9-4-5-10(12(19)7-9)11-3-1-2-6-17(11)8-18/h4-5,7-8,11,19H,1-3,6H2/t11-/m1/s1. The first-order valence-corrected chi connectivity index (χ1v) is 6.04. The molecule has 1 aliphatic rings. The first kappa shape index (κ1) is 13.7. The molecule has 1 saturated heterocycles. The Morgan fingerprint density at radius 2 is 2.05 bits per heavy atom. The minimum Gasteiger partial charge on any atom is -0.508 e. The van der Waals surface area contributed by atoms with E-state index < -0.39 is 17.5 Å². The van der Waals surface area contributed by atoms with Gasteiger partial charge >= 0.3 is 6.18 Å². The van der Waals surface area contributed by atoms with Gasteiger partial charge in [0.15, 0.2) is 0 Å². The highest BCUT2D eigenvalue weighted by molar-refractivity contribution is 5.51. The van der Waals surface area contributed by atoms with Crippen molar-refractivity contribution < 1.29 is 23.1 Å². The third kappa shape index (κ3) is 2.83. The summed E-state index contributed by atoms with van der Waals surface area (Å²) in [5.41, 5.74) is -0.512. The van der Waals surface area contributed by atoms with E-state index in [4.69, 9.17) is 0 Å². The Kier molecular flexibility index (Phi) is 3.68. The van der Waals surface area contributed by atoms with Crippen molar-refractivity contribution >= 4 is 6.41 Å². The molecule has 0 bridgehead atoms. The van der Waals surface area contributed by atoms with Crippen LogP contribution in [-0.4, -0.2) is 23.0 Å². The van der Waals surface area contributed by atoms with Gasteiger partial charge in [0.25, 0.3) is 0 Å². The Morgan fingerprint density at radius 1 is 1.32 bits per heavy atom. The van der Waals surface area contributed by atoms with Gasteiger partial charge in [-0.25, -0.2) is 0 Å². The molecule has 0 unspecified atom stereocenters. The fraction of sp³-hybridized carbons (Fsp3) is 0.462. The van der Waals surface area contributed by atoms with Crippen molar-refractivity contribution in [2.45, 2.75) is 31.5 Å². The highest BCUT2D eigenvalue weighted by Gasteiger charge is 2.32. The number of aromatic hydroxyl groups is 1. The van der Waals surface area contributed by atoms with Crippen LogP contribution in [0.4, 0.5) is 13.2 Å². The van der Waals surface area contributed by atoms with Gasteiger partial charge < -0.3 is 10.0 Å². The molecule has 1 amide bonds. The molecule has 104 valence electrons. The molecule has 1 heterocycles. The Labute approximate surface area is 108 Å². The first-order chi connectivity index (χ1) is 8.93. The van der Waals surface area contributed by atoms with Gasteiger partial charge in [-0.2, -0.15) is 13.2 Å². The van der Waals surface area contributed by atoms with Crippen LogP contribution < -0.4 is 0 Å². The summed E-state index contributed by atoms with van der Waals surface area (Å²) in [6.07, 6.45) is -1.39. The van der Waals surface area contributed by atoms with Crippen LogP contribution in [0.3, 0.4) is 0 Å². The van der Waals surface area contributed by atoms with Gasteiger partial charge in [0.2, 0.25) is 6.41 Å². The number of piperidine rings is 1. The van der Waals surface area contributed by atoms with Crippen LogP contribution in [0.2, 0.25) is 0 Å². The maximum atomic E-state index is 12.5. The van der Waals surface area contributed by atoms with Crippen molar-refractivity contribution in [2.75, 3.05) is 6.54 Å². The number of phenolic OH excluding ortho intramolecular Hbond substituents is 1. The van der Waals surface area contributed by atoms with E-state index in [1.807, 2.05) is 0 Å². The number of phenols is 1. The zero-order valence-electron chi connectivity index (χ0n) is 10.2. The number of amides is 1. The lowest BCUT2D eigenvalue weighted by atomic mass is 9.94. The first-order valence-electron chi connectivity index (χ1n) is 6.04. The van der Waals surface area contributed by atoms with Crippen molar-refractivity contribution in [2.24, 2.45) is 0 Å². The van der Waals surface area contributed by atoms with Crippen LogP contribution in [0.1, 0.15) is 36.4 Å². The Bertz CT molecular complexity index is 473. The summed E-state index contributed by atoms with van der Waals surface area (Å²) >= 11 is 0. The number of rotatable bonds is 2. The molecule has 1 N–H and O–H groups in total. The van der Waals surface area contributed by atoms with Gasteiger partial charge in [0, 0.05) is 12.1 Å². The monoisotopic (exact) mass is 273 g/mol. The second-order valence-corrected chi connectivity index (χ2v) is 4.63. The SMILES string of the molecule is O=CN1CCCC[C@@H]1c1ccc(C(F)(F)F)cc1O. The molecular formula is C13H14F3NO2. The fourth-order valence-electron chi connectivity index (χ4n) is 2.42. The van der Waals surface area contributed by atoms with Crippen LogP contribution in [0, 0.1) is 0 Å². The van der Waals surface area contributed by atoms with Crippen molar-refractivity contribution in [1.29, 1.82) is 0 Å². The molecule has 0 spiro atoms. The van der Waals surface area contributed by atoms with Crippen LogP contribution in [-0.2, 0) is 11.0 Å². The summed E-state index contributed by atoms with van der Waals surface area (Å²) in [6, 6.07) is 2.57. The molecule has 1 atom stereocenters. The lowest BCUT2D eigenvalue weighted by molar-refractivity contribution is -0.137. The summed E-state index contributed by atoms with van der Waals surface area (Å²) in [7, 11) is 0. The Hall–Kier alpha value is -1.72. The second-order valence-electron chi connectivity index (χ2n) is 4.63. The number of carbonyl (C=O) groups excluding carboxylic acids is 1. The number of carbonyl (C=O) groups is 1. The van der Waals surface area contributed by atoms with Gasteiger partial charge in [-0.1, -0.05) is 6.07 Å². The number of likely N-dealkylation sites (tertiary alicyclic amines) is 1. The average molecular weight is 273 g/mol. The molecule has 0 aliphatic carbocycles. The third-order valence-corrected chi connectivity index (χ3v) is 3.40. The van der Waals surface area contributed by atoms with Crippen LogP contribution >= 0.6 is 0 Å². The molecule has 0 aromatic heterocycles. The molecular weight excluding hydrogens is 259 g/mol. The predicted molar refractivity (Wildman–Crippen MR) is 62.5 cm³/mol. The van der Waals surface area contributed by atoms with Gasteiger partial charge in [-0.15, -0.1) is 0 Å². The number of nitrogens with zero attached hydrogens (tertiary/aromatic N) is 1. The second kappa shape index (κ2) is 5.11. The molecule has 1 fully saturated rings. The minimum absolute atomic E-state index is 0.339. The van der Waals surface area contributed by atoms with Crippen molar-refractivity contribution in [3.05, 3.63) is 29.3 Å². The number of halogens is 3. The molecule has 19 heavy (non-hydrogen) atoms. The van der Waals surface area contributed by atoms with Crippen molar-refractivity contribution in [3.63, 3.8) is 0 Å². The Balaban J connectivity index is 2.32. The lowest BCUT2D eigenvalue weighted by Crippen LogP contribution is -2.32. The van der Waals surface area contributed by atoms with Gasteiger partial charge in [-0.05, 0) is 31.4 Å². The third-order valence-electron chi connectivity index (χ3n) is 3.40. The molecule has 1 aromatic carbocycles. The van der Waals surface area contributed by atoms with E-state index in [-0.39, 0.29) is 6.04 Å². The van der Waals surface area contributed by atoms with Crippen molar-refractivity contribution in [3.8, 4) is 5.75 Å². The quantitative estimate of drug-likeness (QED) is 0.841. The molecule has 0 radical (unpaired) electrons. The number of hydrogen-bond acceptors (Lipinski definition) is 2. The van der Waals surface area contributed by atoms with Gasteiger partial charge in [-0.3, -0.25) is 4.79 Å². The number of benzene rings is 1. The van der Waals surface area contributed by atoms with Gasteiger partial charge in [0.05, 0.1) is 11.6 Å². The average Bonchev–Trinajstić information content (AvgIpc) is 2.37. The molecule has 1 aliphatic heterocycles. The van der Waals surface area contributed by atoms with E-state index in [0.29, 0.717) is 31.0 Å². The highest BCUT2D eigenvalue weighted by atomic mass is 19.4. The normalized spacial score (nSPS) is 20.4. The molecule has 1 aromatic rings. The number of hydrogen-bond donors (Lipinski definition) is 1. The summed E-state index contributed by atoms with van der Waals surface area (Å²) in [6.45, 7) is 0.564. The van der Waals surface area contributed by atoms with E-state index in [0.717, 1.165) is 18.9 Å². The van der Waals surface area contributed by atoms with Crippen LogP contribution in [0.25, 0.3) is 0 Å². The van der Waals surface area contributed by atoms with E-state index in [2.05, 4.69) is 0 Å². The topological polar surface area (TPSA) is 40.5 Å². The van der Waals surface area contributed by atoms with Crippen LogP contribution in [0.5, 0.6) is 5.75 Å². The van der Waals surface area contributed by atoms with Crippen molar-refractivity contribution in [1.82, 2.24) is 4.90 Å². The summed E-state index contributed by atoms with van der Waals surface area (Å²) < 4.78 is 37.5. The van der Waals surface area contributed by atoms with E-state index in [9.17, 15) is 23.1 Å². The zero-order chi connectivity index (χ0) is 14.0. The molecule has 3 nitrogen and oxygen atoms in total. The Morgan fingerprint density at radius 3 is 2.63 bits per heavy atom. The lowest BCUT2D eigenvalue weighted by Gasteiger charge is -2.33. The van der Waals surface area contributed by atoms with E-state index in [1.54, 1.807) is 0 Å². The number of alkyl halides is 3. The van der Waals surface area contributed by atoms with E-state index in [1.165, 1.54) is 11.0 Å². The zero-order valence-corrected chi connectivity index (χ0v) is 10.2. The summed E-state index contributed by atoms with van der Waals surface area (Å²) in [5, 5.41) is 9.78. The summed E-state index contributed by atoms with van der Waals surface area (Å²) in [5.74, 6) is -0.409. The molecule has 6 heteroatoms. The summed E-state index contributed by atoms with van der Waals surface area (Å²) in [4.78, 5) is 12.5. The predicted octanol–water partition coefficient (Wildman–Crippen LogP) is 3.09. The minimum atomic E-state index is -4.48. The van der Waals surface area contributed by atoms with Gasteiger partial charge in [0.1, 0.15) is 5.75 Å². The molecule has 0 saturated carbocycles. The molecule has 2 rings (SSSR count). The maximum Gasteiger partial charge on any atom is 0.416 e. The van der Waals surface area contributed by atoms with Crippen LogP contribution in [0.15, 0.2) is 18.2 Å². The van der Waals surface area contributed by atoms with E-state index >= 15 is 0 Å². The fourth-order valence-corrected chi connectivity index (χ4v) is 2.42. The largest absolute Gasteiger partial charge is 0.508 e. The highest BCUT2D eigenvalue weighted by Crippen LogP contribution is 2.38. The smallest absolute Gasteiger partial charge is 0.416 e. The maximum absolute atomic E-state index is 12.5.